The Labute approximate surface area is 236 Å². The molecule has 0 aliphatic heterocycles. The molecule has 2 amide bonds. The Morgan fingerprint density at radius 1 is 0.923 bits per heavy atom. The van der Waals surface area contributed by atoms with E-state index in [9.17, 15) is 18.0 Å². The molecule has 3 aromatic rings. The summed E-state index contributed by atoms with van der Waals surface area (Å²) < 4.78 is 26.9. The first kappa shape index (κ1) is 30.2. The summed E-state index contributed by atoms with van der Waals surface area (Å²) in [7, 11) is -3.81. The Hall–Kier alpha value is -3.36. The van der Waals surface area contributed by atoms with Crippen LogP contribution in [0, 0.1) is 6.92 Å². The standard InChI is InChI=1S/C30H36ClN3O4S/c1-5-23(3)32-30(36)28(19-24-12-7-6-8-13-24)33(20-25-15-17-26(31)18-16-25)29(35)21-34(39(4,37)38)27-14-10-9-11-22(27)2/h6-18,23,28H,5,19-21H2,1-4H3,(H,32,36)/t23-,28+/m1/s1. The lowest BCUT2D eigenvalue weighted by Gasteiger charge is -2.34. The Bertz CT molecular complexity index is 1360. The van der Waals surface area contributed by atoms with Crippen LogP contribution in [0.1, 0.15) is 37.0 Å². The number of carbonyl (C=O) groups is 2. The van der Waals surface area contributed by atoms with Gasteiger partial charge in [0.15, 0.2) is 0 Å². The first-order valence-corrected chi connectivity index (χ1v) is 15.1. The van der Waals surface area contributed by atoms with Gasteiger partial charge < -0.3 is 10.2 Å². The number of sulfonamides is 1. The molecule has 0 heterocycles. The van der Waals surface area contributed by atoms with Crippen molar-refractivity contribution in [2.45, 2.75) is 52.2 Å². The molecule has 1 N–H and O–H groups in total. The first-order chi connectivity index (χ1) is 18.5. The van der Waals surface area contributed by atoms with Crippen molar-refractivity contribution in [3.05, 3.63) is 101 Å². The zero-order chi connectivity index (χ0) is 28.6. The largest absolute Gasteiger partial charge is 0.352 e. The molecule has 0 aliphatic rings. The predicted octanol–water partition coefficient (Wildman–Crippen LogP) is 4.97. The van der Waals surface area contributed by atoms with E-state index in [1.54, 1.807) is 49.4 Å². The summed E-state index contributed by atoms with van der Waals surface area (Å²) in [6.45, 7) is 5.33. The number of hydrogen-bond donors (Lipinski definition) is 1. The van der Waals surface area contributed by atoms with E-state index in [1.807, 2.05) is 50.2 Å². The highest BCUT2D eigenvalue weighted by Crippen LogP contribution is 2.24. The number of anilines is 1. The molecule has 0 aliphatic carbocycles. The van der Waals surface area contributed by atoms with Crippen molar-refractivity contribution >= 4 is 39.1 Å². The van der Waals surface area contributed by atoms with Crippen LogP contribution in [-0.2, 0) is 32.6 Å². The van der Waals surface area contributed by atoms with Crippen LogP contribution in [0.25, 0.3) is 0 Å². The highest BCUT2D eigenvalue weighted by Gasteiger charge is 2.33. The molecule has 0 unspecified atom stereocenters. The van der Waals surface area contributed by atoms with Crippen LogP contribution >= 0.6 is 11.6 Å². The van der Waals surface area contributed by atoms with E-state index >= 15 is 0 Å². The van der Waals surface area contributed by atoms with Crippen LogP contribution in [0.5, 0.6) is 0 Å². The molecule has 0 saturated carbocycles. The molecule has 3 aromatic carbocycles. The van der Waals surface area contributed by atoms with Crippen LogP contribution in [-0.4, -0.2) is 50.0 Å². The summed E-state index contributed by atoms with van der Waals surface area (Å²) in [5.41, 5.74) is 2.79. The Morgan fingerprint density at radius 2 is 1.54 bits per heavy atom. The fourth-order valence-electron chi connectivity index (χ4n) is 4.22. The van der Waals surface area contributed by atoms with Crippen molar-refractivity contribution in [3.63, 3.8) is 0 Å². The number of nitrogens with zero attached hydrogens (tertiary/aromatic N) is 2. The smallest absolute Gasteiger partial charge is 0.244 e. The van der Waals surface area contributed by atoms with Gasteiger partial charge in [0.05, 0.1) is 11.9 Å². The number of hydrogen-bond acceptors (Lipinski definition) is 4. The van der Waals surface area contributed by atoms with Gasteiger partial charge in [0.25, 0.3) is 0 Å². The van der Waals surface area contributed by atoms with Gasteiger partial charge in [-0.1, -0.05) is 79.2 Å². The zero-order valence-corrected chi connectivity index (χ0v) is 24.4. The second-order valence-electron chi connectivity index (χ2n) is 9.73. The summed E-state index contributed by atoms with van der Waals surface area (Å²) >= 11 is 6.09. The number of aryl methyl sites for hydroxylation is 1. The quantitative estimate of drug-likeness (QED) is 0.334. The van der Waals surface area contributed by atoms with Gasteiger partial charge in [0.1, 0.15) is 12.6 Å². The van der Waals surface area contributed by atoms with Crippen molar-refractivity contribution in [2.24, 2.45) is 0 Å². The molecule has 0 spiro atoms. The topological polar surface area (TPSA) is 86.8 Å². The molecular weight excluding hydrogens is 534 g/mol. The van der Waals surface area contributed by atoms with E-state index in [2.05, 4.69) is 5.32 Å². The van der Waals surface area contributed by atoms with Crippen LogP contribution in [0.2, 0.25) is 5.02 Å². The molecular formula is C30H36ClN3O4S. The van der Waals surface area contributed by atoms with Crippen molar-refractivity contribution in [1.82, 2.24) is 10.2 Å². The molecule has 208 valence electrons. The minimum atomic E-state index is -3.81. The van der Waals surface area contributed by atoms with Crippen LogP contribution in [0.3, 0.4) is 0 Å². The number of rotatable bonds is 12. The van der Waals surface area contributed by atoms with E-state index < -0.39 is 28.5 Å². The van der Waals surface area contributed by atoms with E-state index in [0.717, 1.165) is 33.7 Å². The average molecular weight is 570 g/mol. The maximum absolute atomic E-state index is 14.1. The van der Waals surface area contributed by atoms with Crippen molar-refractivity contribution in [2.75, 3.05) is 17.1 Å². The molecule has 0 saturated heterocycles. The van der Waals surface area contributed by atoms with Gasteiger partial charge in [-0.15, -0.1) is 0 Å². The minimum Gasteiger partial charge on any atom is -0.352 e. The highest BCUT2D eigenvalue weighted by atomic mass is 35.5. The molecule has 0 fully saturated rings. The van der Waals surface area contributed by atoms with Gasteiger partial charge in [-0.25, -0.2) is 8.42 Å². The lowest BCUT2D eigenvalue weighted by Crippen LogP contribution is -2.54. The Morgan fingerprint density at radius 3 is 2.13 bits per heavy atom. The van der Waals surface area contributed by atoms with Crippen LogP contribution in [0.15, 0.2) is 78.9 Å². The molecule has 3 rings (SSSR count). The fraction of sp³-hybridized carbons (Fsp3) is 0.333. The third-order valence-electron chi connectivity index (χ3n) is 6.60. The number of nitrogens with one attached hydrogen (secondary N) is 1. The normalized spacial score (nSPS) is 12.8. The van der Waals surface area contributed by atoms with Gasteiger partial charge in [0.2, 0.25) is 21.8 Å². The van der Waals surface area contributed by atoms with Crippen molar-refractivity contribution in [1.29, 1.82) is 0 Å². The number of carbonyl (C=O) groups excluding carboxylic acids is 2. The monoisotopic (exact) mass is 569 g/mol. The van der Waals surface area contributed by atoms with Gasteiger partial charge in [-0.3, -0.25) is 13.9 Å². The van der Waals surface area contributed by atoms with Crippen LogP contribution < -0.4 is 9.62 Å². The van der Waals surface area contributed by atoms with Gasteiger partial charge in [-0.05, 0) is 55.2 Å². The van der Waals surface area contributed by atoms with Gasteiger partial charge >= 0.3 is 0 Å². The number of para-hydroxylation sites is 1. The van der Waals surface area contributed by atoms with E-state index in [1.165, 1.54) is 4.90 Å². The van der Waals surface area contributed by atoms with Crippen molar-refractivity contribution in [3.8, 4) is 0 Å². The van der Waals surface area contributed by atoms with E-state index in [0.29, 0.717) is 10.7 Å². The third kappa shape index (κ3) is 8.57. The molecule has 0 aromatic heterocycles. The molecule has 2 atom stereocenters. The first-order valence-electron chi connectivity index (χ1n) is 12.9. The molecule has 0 radical (unpaired) electrons. The second kappa shape index (κ2) is 13.6. The molecule has 9 heteroatoms. The lowest BCUT2D eigenvalue weighted by molar-refractivity contribution is -0.140. The molecule has 0 bridgehead atoms. The SMILES string of the molecule is CC[C@@H](C)NC(=O)[C@H](Cc1ccccc1)N(Cc1ccc(Cl)cc1)C(=O)CN(c1ccccc1C)S(C)(=O)=O. The third-order valence-corrected chi connectivity index (χ3v) is 7.98. The average Bonchev–Trinajstić information content (AvgIpc) is 2.90. The molecule has 39 heavy (non-hydrogen) atoms. The summed E-state index contributed by atoms with van der Waals surface area (Å²) in [5, 5.41) is 3.57. The van der Waals surface area contributed by atoms with Gasteiger partial charge in [0, 0.05) is 24.0 Å². The molecule has 7 nitrogen and oxygen atoms in total. The summed E-state index contributed by atoms with van der Waals surface area (Å²) in [5.74, 6) is -0.781. The maximum atomic E-state index is 14.1. The maximum Gasteiger partial charge on any atom is 0.244 e. The number of amides is 2. The van der Waals surface area contributed by atoms with Crippen LogP contribution in [0.4, 0.5) is 5.69 Å². The van der Waals surface area contributed by atoms with Crippen molar-refractivity contribution < 1.29 is 18.0 Å². The Kier molecular flexibility index (Phi) is 10.5. The fourth-order valence-corrected chi connectivity index (χ4v) is 5.25. The number of benzene rings is 3. The zero-order valence-electron chi connectivity index (χ0n) is 22.8. The van der Waals surface area contributed by atoms with E-state index in [-0.39, 0.29) is 24.9 Å². The lowest BCUT2D eigenvalue weighted by atomic mass is 10.0. The van der Waals surface area contributed by atoms with E-state index in [4.69, 9.17) is 11.6 Å². The predicted molar refractivity (Wildman–Crippen MR) is 157 cm³/mol. The minimum absolute atomic E-state index is 0.0947. The highest BCUT2D eigenvalue weighted by molar-refractivity contribution is 7.92. The summed E-state index contributed by atoms with van der Waals surface area (Å²) in [6.07, 6.45) is 2.07. The van der Waals surface area contributed by atoms with Gasteiger partial charge in [-0.2, -0.15) is 0 Å². The Balaban J connectivity index is 2.06. The summed E-state index contributed by atoms with van der Waals surface area (Å²) in [6, 6.07) is 22.5. The number of halogens is 1. The second-order valence-corrected chi connectivity index (χ2v) is 12.1. The summed E-state index contributed by atoms with van der Waals surface area (Å²) in [4.78, 5) is 29.2.